The maximum Gasteiger partial charge on any atom is 0.389 e. The second kappa shape index (κ2) is 5.94. The molecule has 1 aromatic carbocycles. The predicted molar refractivity (Wildman–Crippen MR) is 85.3 cm³/mol. The molecule has 0 fully saturated rings. The third kappa shape index (κ3) is 2.98. The number of hydrogen-bond donors (Lipinski definition) is 0. The molecule has 0 unspecified atom stereocenters. The summed E-state index contributed by atoms with van der Waals surface area (Å²) in [6, 6.07) is 5.71. The maximum absolute atomic E-state index is 12.4. The average Bonchev–Trinajstić information content (AvgIpc) is 2.44. The number of aromatic nitrogens is 1. The fourth-order valence-electron chi connectivity index (χ4n) is 2.21. The lowest BCUT2D eigenvalue weighted by molar-refractivity contribution is -0.619. The molecule has 0 amide bonds. The Morgan fingerprint density at radius 1 is 1.05 bits per heavy atom. The molecule has 0 saturated carbocycles. The normalized spacial score (nSPS) is 10.8. The van der Waals surface area contributed by atoms with Gasteiger partial charge in [0.05, 0.1) is 10.6 Å². The Kier molecular flexibility index (Phi) is 4.43. The monoisotopic (exact) mass is 305 g/mol. The summed E-state index contributed by atoms with van der Waals surface area (Å²) >= 11 is 6.20. The van der Waals surface area contributed by atoms with Gasteiger partial charge < -0.3 is 9.94 Å². The first-order valence-electron chi connectivity index (χ1n) is 7.02. The van der Waals surface area contributed by atoms with E-state index in [4.69, 9.17) is 16.3 Å². The largest absolute Gasteiger partial charge is 0.616 e. The second-order valence-electron chi connectivity index (χ2n) is 5.37. The fourth-order valence-corrected chi connectivity index (χ4v) is 2.42. The summed E-state index contributed by atoms with van der Waals surface area (Å²) in [5.41, 5.74) is 4.58. The van der Waals surface area contributed by atoms with E-state index in [0.29, 0.717) is 28.5 Å². The van der Waals surface area contributed by atoms with E-state index in [2.05, 4.69) is 13.0 Å². The van der Waals surface area contributed by atoms with Crippen LogP contribution in [0.2, 0.25) is 5.02 Å². The van der Waals surface area contributed by atoms with Crippen LogP contribution < -0.4 is 9.47 Å². The number of aryl methyl sites for hydroxylation is 4. The minimum Gasteiger partial charge on any atom is -0.616 e. The van der Waals surface area contributed by atoms with Crippen LogP contribution in [-0.4, -0.2) is 0 Å². The van der Waals surface area contributed by atoms with E-state index in [1.807, 2.05) is 26.8 Å². The Labute approximate surface area is 130 Å². The summed E-state index contributed by atoms with van der Waals surface area (Å²) in [7, 11) is 0. The van der Waals surface area contributed by atoms with Crippen LogP contribution in [0.3, 0.4) is 0 Å². The third-order valence-electron chi connectivity index (χ3n) is 3.78. The molecule has 1 aromatic heterocycles. The predicted octanol–water partition coefficient (Wildman–Crippen LogP) is 4.56. The second-order valence-corrected chi connectivity index (χ2v) is 5.77. The van der Waals surface area contributed by atoms with E-state index in [-0.39, 0.29) is 5.88 Å². The van der Waals surface area contributed by atoms with E-state index < -0.39 is 0 Å². The van der Waals surface area contributed by atoms with Crippen molar-refractivity contribution in [1.29, 1.82) is 0 Å². The molecule has 0 radical (unpaired) electrons. The first kappa shape index (κ1) is 15.6. The maximum atomic E-state index is 12.4. The summed E-state index contributed by atoms with van der Waals surface area (Å²) in [5.74, 6) is 0.945. The Morgan fingerprint density at radius 3 is 2.29 bits per heavy atom. The Hall–Kier alpha value is -1.74. The highest BCUT2D eigenvalue weighted by atomic mass is 35.5. The summed E-state index contributed by atoms with van der Waals surface area (Å²) in [6.45, 7) is 9.76. The SMILES string of the molecule is CCc1cc(Cl)c(C)c(Oc2cc(C)c(C)cc2C)[n+]1[O-]. The van der Waals surface area contributed by atoms with Gasteiger partial charge in [0.25, 0.3) is 0 Å². The number of nitrogens with zero attached hydrogens (tertiary/aromatic N) is 1. The van der Waals surface area contributed by atoms with Crippen molar-refractivity contribution >= 4 is 11.6 Å². The molecule has 1 heterocycles. The van der Waals surface area contributed by atoms with Crippen LogP contribution in [0.5, 0.6) is 11.6 Å². The first-order chi connectivity index (χ1) is 9.85. The third-order valence-corrected chi connectivity index (χ3v) is 4.17. The fraction of sp³-hybridized carbons (Fsp3) is 0.353. The zero-order valence-corrected chi connectivity index (χ0v) is 13.8. The minimum atomic E-state index is 0.255. The molecule has 0 aliphatic carbocycles. The molecular weight excluding hydrogens is 286 g/mol. The van der Waals surface area contributed by atoms with E-state index >= 15 is 0 Å². The van der Waals surface area contributed by atoms with Gasteiger partial charge in [-0.2, -0.15) is 0 Å². The van der Waals surface area contributed by atoms with E-state index in [1.54, 1.807) is 13.0 Å². The van der Waals surface area contributed by atoms with Gasteiger partial charge >= 0.3 is 5.88 Å². The Bertz CT molecular complexity index is 696. The molecule has 0 atom stereocenters. The van der Waals surface area contributed by atoms with Gasteiger partial charge in [-0.3, -0.25) is 0 Å². The van der Waals surface area contributed by atoms with E-state index in [1.165, 1.54) is 5.56 Å². The molecule has 2 rings (SSSR count). The van der Waals surface area contributed by atoms with Crippen molar-refractivity contribution in [1.82, 2.24) is 0 Å². The molecule has 0 spiro atoms. The smallest absolute Gasteiger partial charge is 0.389 e. The van der Waals surface area contributed by atoms with Crippen LogP contribution in [0.25, 0.3) is 0 Å². The van der Waals surface area contributed by atoms with Gasteiger partial charge in [0.1, 0.15) is 5.75 Å². The Balaban J connectivity index is 2.54. The van der Waals surface area contributed by atoms with E-state index in [9.17, 15) is 5.21 Å². The minimum absolute atomic E-state index is 0.255. The molecule has 21 heavy (non-hydrogen) atoms. The van der Waals surface area contributed by atoms with Gasteiger partial charge in [0.15, 0.2) is 5.69 Å². The van der Waals surface area contributed by atoms with Gasteiger partial charge in [0, 0.05) is 12.5 Å². The Morgan fingerprint density at radius 2 is 1.67 bits per heavy atom. The van der Waals surface area contributed by atoms with Gasteiger partial charge in [-0.05, 0) is 50.5 Å². The van der Waals surface area contributed by atoms with Gasteiger partial charge in [-0.25, -0.2) is 0 Å². The lowest BCUT2D eigenvalue weighted by Gasteiger charge is -2.15. The zero-order chi connectivity index (χ0) is 15.7. The first-order valence-corrected chi connectivity index (χ1v) is 7.40. The van der Waals surface area contributed by atoms with Crippen molar-refractivity contribution in [2.75, 3.05) is 0 Å². The van der Waals surface area contributed by atoms with Gasteiger partial charge in [-0.15, -0.1) is 4.73 Å². The van der Waals surface area contributed by atoms with Crippen molar-refractivity contribution in [3.63, 3.8) is 0 Å². The number of rotatable bonds is 3. The van der Waals surface area contributed by atoms with Crippen molar-refractivity contribution in [2.24, 2.45) is 0 Å². The van der Waals surface area contributed by atoms with Gasteiger partial charge in [0.2, 0.25) is 0 Å². The van der Waals surface area contributed by atoms with Crippen LogP contribution in [0.15, 0.2) is 18.2 Å². The van der Waals surface area contributed by atoms with Crippen molar-refractivity contribution in [3.8, 4) is 11.6 Å². The van der Waals surface area contributed by atoms with Crippen LogP contribution in [0, 0.1) is 32.9 Å². The quantitative estimate of drug-likeness (QED) is 0.615. The summed E-state index contributed by atoms with van der Waals surface area (Å²) < 4.78 is 6.73. The molecule has 0 bridgehead atoms. The highest BCUT2D eigenvalue weighted by molar-refractivity contribution is 6.31. The lowest BCUT2D eigenvalue weighted by Crippen LogP contribution is -2.34. The standard InChI is InChI=1S/C17H20ClNO2/c1-6-14-9-15(18)13(5)17(19(14)20)21-16-8-11(3)10(2)7-12(16)4/h7-9H,6H2,1-5H3. The number of pyridine rings is 1. The van der Waals surface area contributed by atoms with Crippen molar-refractivity contribution in [3.05, 3.63) is 56.4 Å². The lowest BCUT2D eigenvalue weighted by atomic mass is 10.1. The van der Waals surface area contributed by atoms with Crippen LogP contribution >= 0.6 is 11.6 Å². The molecule has 112 valence electrons. The molecule has 3 nitrogen and oxygen atoms in total. The van der Waals surface area contributed by atoms with Crippen LogP contribution in [-0.2, 0) is 6.42 Å². The van der Waals surface area contributed by atoms with Crippen molar-refractivity contribution < 1.29 is 9.47 Å². The number of hydrogen-bond acceptors (Lipinski definition) is 2. The number of ether oxygens (including phenoxy) is 1. The van der Waals surface area contributed by atoms with E-state index in [0.717, 1.165) is 15.9 Å². The highest BCUT2D eigenvalue weighted by Crippen LogP contribution is 2.30. The average molecular weight is 306 g/mol. The number of benzene rings is 1. The molecular formula is C17H20ClNO2. The molecule has 0 N–H and O–H groups in total. The topological polar surface area (TPSA) is 36.2 Å². The van der Waals surface area contributed by atoms with Crippen molar-refractivity contribution in [2.45, 2.75) is 41.0 Å². The van der Waals surface area contributed by atoms with Gasteiger partial charge in [-0.1, -0.05) is 24.6 Å². The van der Waals surface area contributed by atoms with Crippen LogP contribution in [0.1, 0.15) is 34.9 Å². The number of halogens is 1. The molecule has 2 aromatic rings. The molecule has 0 aliphatic heterocycles. The van der Waals surface area contributed by atoms with Crippen LogP contribution in [0.4, 0.5) is 0 Å². The summed E-state index contributed by atoms with van der Waals surface area (Å²) in [4.78, 5) is 0. The molecule has 0 aliphatic rings. The summed E-state index contributed by atoms with van der Waals surface area (Å²) in [5, 5.41) is 12.9. The highest BCUT2D eigenvalue weighted by Gasteiger charge is 2.21. The molecule has 4 heteroatoms. The zero-order valence-electron chi connectivity index (χ0n) is 13.1. The molecule has 0 saturated heterocycles. The summed E-state index contributed by atoms with van der Waals surface area (Å²) in [6.07, 6.45) is 0.603.